The second-order valence-corrected chi connectivity index (χ2v) is 14.2. The lowest BCUT2D eigenvalue weighted by molar-refractivity contribution is -0.676. The van der Waals surface area contributed by atoms with Crippen LogP contribution in [-0.2, 0) is 19.6 Å². The Morgan fingerprint density at radius 1 is 0.930 bits per heavy atom. The second kappa shape index (κ2) is 18.9. The highest BCUT2D eigenvalue weighted by molar-refractivity contribution is 5.98. The molecule has 8 unspecified atom stereocenters. The molecule has 2 amide bonds. The lowest BCUT2D eigenvalue weighted by Gasteiger charge is -2.36. The summed E-state index contributed by atoms with van der Waals surface area (Å²) >= 11 is 0. The number of nitrogens with two attached hydrogens (primary N) is 1. The number of nitrogens with zero attached hydrogens (tertiary/aromatic N) is 6. The average molecular weight is 805 g/mol. The molecule has 0 bridgehead atoms. The summed E-state index contributed by atoms with van der Waals surface area (Å²) in [5.41, 5.74) is 8.89. The van der Waals surface area contributed by atoms with Crippen molar-refractivity contribution in [2.24, 2.45) is 0 Å². The van der Waals surface area contributed by atoms with Gasteiger partial charge in [0.25, 0.3) is 17.6 Å². The molecular formula is C36H54N9O12+. The van der Waals surface area contributed by atoms with E-state index in [-0.39, 0.29) is 37.1 Å². The molecular weight excluding hydrogens is 750 g/mol. The van der Waals surface area contributed by atoms with Gasteiger partial charge >= 0.3 is 0 Å². The first kappa shape index (κ1) is 43.7. The molecule has 314 valence electrons. The number of likely N-dealkylation sites (tertiary alicyclic amines) is 1. The van der Waals surface area contributed by atoms with Gasteiger partial charge in [-0.05, 0) is 38.5 Å². The Kier molecular flexibility index (Phi) is 14.5. The molecule has 3 aromatic heterocycles. The van der Waals surface area contributed by atoms with Gasteiger partial charge in [0, 0.05) is 50.0 Å². The van der Waals surface area contributed by atoms with Crippen molar-refractivity contribution in [1.82, 2.24) is 34.6 Å². The van der Waals surface area contributed by atoms with Crippen LogP contribution in [0.5, 0.6) is 0 Å². The van der Waals surface area contributed by atoms with Gasteiger partial charge in [-0.15, -0.1) is 0 Å². The molecule has 0 spiro atoms. The number of anilines is 1. The molecule has 0 saturated carbocycles. The standard InChI is InChI=1S/C36H53N9O12/c1-3-44-21-6-5-18(11-22(21)45(4-2)27(44)12-39-35(56)28-33(37)41-34-20(40-28)7-9-38-34)36(57)42-10-8-19(13-42)43(14-23(48)29(52)31(54)25(50)16-46)15-24(49)30(53)32(55)26(51)17-47/h5-7,9,11,19,23-26,29-32,46-55H,3-4,8,10,12-17H2,1-2H3,(H3-,37,38,39,40,41,56)/p+1/t19-,23?,24?,25?,26?,29?,30?,31?,32?/m0/s1. The Hall–Kier alpha value is -4.39. The van der Waals surface area contributed by atoms with E-state index in [1.54, 1.807) is 29.3 Å². The summed E-state index contributed by atoms with van der Waals surface area (Å²) in [5, 5.41) is 104. The summed E-state index contributed by atoms with van der Waals surface area (Å²) in [6, 6.07) is 6.36. The Morgan fingerprint density at radius 2 is 1.54 bits per heavy atom. The summed E-state index contributed by atoms with van der Waals surface area (Å²) in [6.45, 7) is 2.67. The Morgan fingerprint density at radius 3 is 2.12 bits per heavy atom. The van der Waals surface area contributed by atoms with Crippen molar-refractivity contribution < 1.29 is 65.2 Å². The Labute approximate surface area is 326 Å². The van der Waals surface area contributed by atoms with Gasteiger partial charge in [0.2, 0.25) is 0 Å². The van der Waals surface area contributed by atoms with Gasteiger partial charge in [0.1, 0.15) is 48.7 Å². The number of amides is 2. The van der Waals surface area contributed by atoms with E-state index in [1.165, 1.54) is 4.90 Å². The lowest BCUT2D eigenvalue weighted by Crippen LogP contribution is -2.55. The van der Waals surface area contributed by atoms with Crippen molar-refractivity contribution in [3.8, 4) is 0 Å². The molecule has 0 aliphatic carbocycles. The molecule has 0 radical (unpaired) electrons. The molecule has 14 N–H and O–H groups in total. The van der Waals surface area contributed by atoms with Crippen LogP contribution in [0.25, 0.3) is 22.2 Å². The van der Waals surface area contributed by atoms with E-state index in [9.17, 15) is 60.7 Å². The van der Waals surface area contributed by atoms with Crippen LogP contribution >= 0.6 is 0 Å². The van der Waals surface area contributed by atoms with Gasteiger partial charge in [-0.1, -0.05) is 0 Å². The molecule has 1 saturated heterocycles. The summed E-state index contributed by atoms with van der Waals surface area (Å²) < 4.78 is 4.01. The number of rotatable bonds is 19. The van der Waals surface area contributed by atoms with Crippen molar-refractivity contribution in [3.63, 3.8) is 0 Å². The maximum absolute atomic E-state index is 14.0. The number of aromatic amines is 1. The second-order valence-electron chi connectivity index (χ2n) is 14.2. The number of imidazole rings is 1. The minimum absolute atomic E-state index is 0.00720. The van der Waals surface area contributed by atoms with E-state index in [0.717, 1.165) is 16.9 Å². The molecule has 1 aliphatic heterocycles. The summed E-state index contributed by atoms with van der Waals surface area (Å²) in [5.74, 6) is -0.101. The number of benzene rings is 1. The summed E-state index contributed by atoms with van der Waals surface area (Å²) in [4.78, 5) is 41.7. The lowest BCUT2D eigenvalue weighted by atomic mass is 10.00. The van der Waals surface area contributed by atoms with Gasteiger partial charge in [-0.25, -0.2) is 19.1 Å². The molecule has 1 aliphatic rings. The maximum atomic E-state index is 14.0. The number of aliphatic hydroxyl groups is 10. The SMILES string of the molecule is CCn1c(CNC(=O)c2nc3cc[nH]c3nc2N)[n+](CC)c2ccc(C(=O)N3CC[C@H](N(CC(O)C(O)C(O)C(O)CO)CC(O)C(O)C(O)C(O)CO)C3)cc21. The number of nitrogen functional groups attached to an aromatic ring is 1. The highest BCUT2D eigenvalue weighted by Crippen LogP contribution is 2.24. The van der Waals surface area contributed by atoms with Crippen LogP contribution in [0.2, 0.25) is 0 Å². The van der Waals surface area contributed by atoms with E-state index >= 15 is 0 Å². The maximum Gasteiger partial charge on any atom is 0.277 e. The zero-order chi connectivity index (χ0) is 41.7. The van der Waals surface area contributed by atoms with E-state index < -0.39 is 87.1 Å². The number of aromatic nitrogens is 5. The molecule has 57 heavy (non-hydrogen) atoms. The smallest absolute Gasteiger partial charge is 0.277 e. The fourth-order valence-electron chi connectivity index (χ4n) is 7.32. The quantitative estimate of drug-likeness (QED) is 0.0395. The van der Waals surface area contributed by atoms with Crippen LogP contribution in [0, 0.1) is 0 Å². The first-order chi connectivity index (χ1) is 27.1. The predicted molar refractivity (Wildman–Crippen MR) is 201 cm³/mol. The predicted octanol–water partition coefficient (Wildman–Crippen LogP) is -4.86. The molecule has 4 aromatic rings. The van der Waals surface area contributed by atoms with Crippen LogP contribution in [0.4, 0.5) is 5.82 Å². The number of nitrogens with one attached hydrogen (secondary N) is 2. The Bertz CT molecular complexity index is 1960. The van der Waals surface area contributed by atoms with E-state index in [0.29, 0.717) is 36.2 Å². The topological polar surface area (TPSA) is 331 Å². The zero-order valence-corrected chi connectivity index (χ0v) is 31.7. The van der Waals surface area contributed by atoms with Crippen molar-refractivity contribution >= 4 is 39.8 Å². The first-order valence-electron chi connectivity index (χ1n) is 18.8. The van der Waals surface area contributed by atoms with Gasteiger partial charge in [0.05, 0.1) is 38.5 Å². The minimum Gasteiger partial charge on any atom is -0.394 e. The number of hydrogen-bond acceptors (Lipinski definition) is 16. The summed E-state index contributed by atoms with van der Waals surface area (Å²) in [7, 11) is 0. The fourth-order valence-corrected chi connectivity index (χ4v) is 7.32. The molecule has 4 heterocycles. The third-order valence-electron chi connectivity index (χ3n) is 10.6. The molecule has 5 rings (SSSR count). The number of fused-ring (bicyclic) bond motifs is 2. The first-order valence-corrected chi connectivity index (χ1v) is 18.8. The minimum atomic E-state index is -1.94. The molecule has 21 heteroatoms. The monoisotopic (exact) mass is 804 g/mol. The van der Waals surface area contributed by atoms with Crippen molar-refractivity contribution in [2.75, 3.05) is 45.1 Å². The van der Waals surface area contributed by atoms with Crippen molar-refractivity contribution in [3.05, 3.63) is 47.5 Å². The van der Waals surface area contributed by atoms with E-state index in [4.69, 9.17) is 5.73 Å². The van der Waals surface area contributed by atoms with E-state index in [1.807, 2.05) is 29.0 Å². The third-order valence-corrected chi connectivity index (χ3v) is 10.6. The fraction of sp³-hybridized carbons (Fsp3) is 0.583. The molecule has 1 aromatic carbocycles. The van der Waals surface area contributed by atoms with Crippen LogP contribution < -0.4 is 15.6 Å². The molecule has 9 atom stereocenters. The van der Waals surface area contributed by atoms with Gasteiger partial charge in [0.15, 0.2) is 28.2 Å². The van der Waals surface area contributed by atoms with Gasteiger partial charge < -0.3 is 72.0 Å². The van der Waals surface area contributed by atoms with Crippen molar-refractivity contribution in [1.29, 1.82) is 0 Å². The van der Waals surface area contributed by atoms with Crippen LogP contribution in [-0.4, -0.2) is 186 Å². The summed E-state index contributed by atoms with van der Waals surface area (Å²) in [6.07, 6.45) is -12.8. The van der Waals surface area contributed by atoms with Crippen LogP contribution in [0.15, 0.2) is 30.5 Å². The molecule has 1 fully saturated rings. The van der Waals surface area contributed by atoms with E-state index in [2.05, 4.69) is 20.3 Å². The number of aliphatic hydroxyl groups excluding tert-OH is 10. The highest BCUT2D eigenvalue weighted by Gasteiger charge is 2.39. The van der Waals surface area contributed by atoms with Crippen LogP contribution in [0.3, 0.4) is 0 Å². The largest absolute Gasteiger partial charge is 0.394 e. The van der Waals surface area contributed by atoms with Crippen molar-refractivity contribution in [2.45, 2.75) is 94.8 Å². The molecule has 21 nitrogen and oxygen atoms in total. The number of carbonyl (C=O) groups excluding carboxylic acids is 2. The average Bonchev–Trinajstić information content (AvgIpc) is 3.97. The number of aryl methyl sites for hydroxylation is 2. The van der Waals surface area contributed by atoms with Gasteiger partial charge in [-0.3, -0.25) is 14.5 Å². The normalized spacial score (nSPS) is 19.1. The highest BCUT2D eigenvalue weighted by atomic mass is 16.4. The zero-order valence-electron chi connectivity index (χ0n) is 31.7. The van der Waals surface area contributed by atoms with Crippen LogP contribution in [0.1, 0.15) is 46.9 Å². The van der Waals surface area contributed by atoms with Gasteiger partial charge in [-0.2, -0.15) is 0 Å². The third kappa shape index (κ3) is 9.34. The number of carbonyl (C=O) groups is 2. The number of hydrogen-bond donors (Lipinski definition) is 13. The number of H-pyrrole nitrogens is 1. The Balaban J connectivity index is 1.35.